The molecule has 2 bridgehead atoms. The van der Waals surface area contributed by atoms with Crippen LogP contribution in [0.3, 0.4) is 0 Å². The number of hydrogen-bond acceptors (Lipinski definition) is 5. The van der Waals surface area contributed by atoms with Crippen molar-refractivity contribution in [2.45, 2.75) is 49.2 Å². The summed E-state index contributed by atoms with van der Waals surface area (Å²) in [5.41, 5.74) is -0.648. The molecule has 162 valence electrons. The molecule has 30 heavy (non-hydrogen) atoms. The second-order valence-electron chi connectivity index (χ2n) is 8.56. The summed E-state index contributed by atoms with van der Waals surface area (Å²) >= 11 is 5.61. The molecule has 0 spiro atoms. The number of carbonyl (C=O) groups excluding carboxylic acids is 2. The highest BCUT2D eigenvalue weighted by atomic mass is 35.5. The van der Waals surface area contributed by atoms with Gasteiger partial charge >= 0.3 is 5.97 Å². The van der Waals surface area contributed by atoms with E-state index >= 15 is 0 Å². The van der Waals surface area contributed by atoms with Crippen LogP contribution < -0.4 is 20.7 Å². The molecule has 0 aromatic heterocycles. The first-order chi connectivity index (χ1) is 14.2. The van der Waals surface area contributed by atoms with E-state index < -0.39 is 17.8 Å². The number of halogens is 2. The van der Waals surface area contributed by atoms with E-state index in [0.29, 0.717) is 32.2 Å². The Hall–Kier alpha value is -2.39. The van der Waals surface area contributed by atoms with Crippen molar-refractivity contribution in [1.82, 2.24) is 16.0 Å². The van der Waals surface area contributed by atoms with Crippen LogP contribution in [0, 0.1) is 11.7 Å². The molecule has 10 heteroatoms. The maximum atomic E-state index is 13.4. The molecule has 8 nitrogen and oxygen atoms in total. The normalized spacial score (nSPS) is 31.7. The Morgan fingerprint density at radius 1 is 1.23 bits per heavy atom. The minimum absolute atomic E-state index is 0.0176. The number of rotatable bonds is 7. The van der Waals surface area contributed by atoms with Crippen molar-refractivity contribution in [3.05, 3.63) is 29.0 Å². The first-order valence-corrected chi connectivity index (χ1v) is 10.2. The zero-order valence-electron chi connectivity index (χ0n) is 16.2. The second-order valence-corrected chi connectivity index (χ2v) is 8.97. The molecular weight excluding hydrogens is 417 g/mol. The zero-order chi connectivity index (χ0) is 21.5. The number of ether oxygens (including phenoxy) is 1. The molecule has 3 aliphatic carbocycles. The van der Waals surface area contributed by atoms with Crippen LogP contribution in [-0.4, -0.2) is 53.2 Å². The Bertz CT molecular complexity index is 875. The fraction of sp³-hybridized carbons (Fsp3) is 0.550. The molecule has 1 aromatic carbocycles. The summed E-state index contributed by atoms with van der Waals surface area (Å²) in [6, 6.07) is 3.28. The third kappa shape index (κ3) is 4.09. The summed E-state index contributed by atoms with van der Waals surface area (Å²) in [5, 5.41) is 18.0. The number of aliphatic carboxylic acids is 1. The van der Waals surface area contributed by atoms with E-state index in [1.54, 1.807) is 0 Å². The summed E-state index contributed by atoms with van der Waals surface area (Å²) in [4.78, 5) is 35.9. The third-order valence-corrected chi connectivity index (χ3v) is 6.46. The van der Waals surface area contributed by atoms with Crippen LogP contribution in [0.1, 0.15) is 32.1 Å². The molecule has 3 saturated carbocycles. The van der Waals surface area contributed by atoms with Crippen LogP contribution in [0.15, 0.2) is 18.2 Å². The van der Waals surface area contributed by atoms with Gasteiger partial charge in [0.1, 0.15) is 17.6 Å². The minimum atomic E-state index is -0.941. The summed E-state index contributed by atoms with van der Waals surface area (Å²) in [7, 11) is 0. The summed E-state index contributed by atoms with van der Waals surface area (Å²) in [6.07, 6.45) is 2.80. The summed E-state index contributed by atoms with van der Waals surface area (Å²) in [6.45, 7) is 0.257. The Labute approximate surface area is 177 Å². The van der Waals surface area contributed by atoms with Crippen molar-refractivity contribution in [2.75, 3.05) is 13.2 Å². The molecule has 4 N–H and O–H groups in total. The number of carbonyl (C=O) groups is 3. The maximum absolute atomic E-state index is 13.4. The van der Waals surface area contributed by atoms with Crippen molar-refractivity contribution in [3.63, 3.8) is 0 Å². The molecule has 4 fully saturated rings. The molecule has 2 atom stereocenters. The van der Waals surface area contributed by atoms with Crippen LogP contribution in [0.5, 0.6) is 5.75 Å². The molecular formula is C20H23ClFN3O5. The van der Waals surface area contributed by atoms with E-state index in [4.69, 9.17) is 21.4 Å². The average Bonchev–Trinajstić information content (AvgIpc) is 2.66. The Balaban J connectivity index is 1.21. The number of amides is 2. The van der Waals surface area contributed by atoms with E-state index in [9.17, 15) is 18.8 Å². The van der Waals surface area contributed by atoms with Gasteiger partial charge in [0.2, 0.25) is 5.91 Å². The molecule has 4 aliphatic rings. The highest BCUT2D eigenvalue weighted by Crippen LogP contribution is 2.60. The number of benzene rings is 1. The number of hydrogen-bond donors (Lipinski definition) is 4. The molecule has 1 aliphatic heterocycles. The third-order valence-electron chi connectivity index (χ3n) is 6.16. The lowest BCUT2D eigenvalue weighted by Gasteiger charge is -2.70. The fourth-order valence-electron chi connectivity index (χ4n) is 4.81. The predicted molar refractivity (Wildman–Crippen MR) is 105 cm³/mol. The predicted octanol–water partition coefficient (Wildman–Crippen LogP) is 1.22. The molecule has 2 amide bonds. The first kappa shape index (κ1) is 20.9. The second kappa shape index (κ2) is 7.70. The Morgan fingerprint density at radius 3 is 2.60 bits per heavy atom. The lowest BCUT2D eigenvalue weighted by molar-refractivity contribution is -0.153. The Kier molecular flexibility index (Phi) is 5.36. The summed E-state index contributed by atoms with van der Waals surface area (Å²) in [5.74, 6) is -2.09. The van der Waals surface area contributed by atoms with E-state index in [-0.39, 0.29) is 52.6 Å². The van der Waals surface area contributed by atoms with Crippen LogP contribution in [-0.2, 0) is 14.4 Å². The molecule has 0 radical (unpaired) electrons. The van der Waals surface area contributed by atoms with Gasteiger partial charge in [-0.2, -0.15) is 0 Å². The van der Waals surface area contributed by atoms with Crippen molar-refractivity contribution in [2.24, 2.45) is 5.92 Å². The SMILES string of the molecule is O=C(COc1ccc(Cl)c(F)c1)NC12CC(NC(=O)C3CCNC(C(=O)O)C3)(C1)C2. The highest BCUT2D eigenvalue weighted by Gasteiger charge is 2.69. The number of piperidine rings is 1. The first-order valence-electron chi connectivity index (χ1n) is 9.86. The molecule has 2 unspecified atom stereocenters. The lowest BCUT2D eigenvalue weighted by atomic mass is 9.44. The average molecular weight is 440 g/mol. The fourth-order valence-corrected chi connectivity index (χ4v) is 4.93. The monoisotopic (exact) mass is 439 g/mol. The van der Waals surface area contributed by atoms with Gasteiger partial charge in [0.15, 0.2) is 6.61 Å². The van der Waals surface area contributed by atoms with Crippen LogP contribution in [0.25, 0.3) is 0 Å². The van der Waals surface area contributed by atoms with Gasteiger partial charge in [-0.1, -0.05) is 11.6 Å². The topological polar surface area (TPSA) is 117 Å². The number of carboxylic acids is 1. The van der Waals surface area contributed by atoms with E-state index in [1.807, 2.05) is 0 Å². The van der Waals surface area contributed by atoms with Crippen molar-refractivity contribution in [1.29, 1.82) is 0 Å². The van der Waals surface area contributed by atoms with Crippen molar-refractivity contribution >= 4 is 29.4 Å². The van der Waals surface area contributed by atoms with Gasteiger partial charge in [-0.05, 0) is 50.8 Å². The van der Waals surface area contributed by atoms with E-state index in [0.717, 1.165) is 6.07 Å². The molecule has 5 rings (SSSR count). The zero-order valence-corrected chi connectivity index (χ0v) is 16.9. The van der Waals surface area contributed by atoms with E-state index in [2.05, 4.69) is 16.0 Å². The van der Waals surface area contributed by atoms with Crippen molar-refractivity contribution in [3.8, 4) is 5.75 Å². The maximum Gasteiger partial charge on any atom is 0.320 e. The van der Waals surface area contributed by atoms with Gasteiger partial charge in [0.25, 0.3) is 5.91 Å². The summed E-state index contributed by atoms with van der Waals surface area (Å²) < 4.78 is 18.7. The Morgan fingerprint density at radius 2 is 1.93 bits per heavy atom. The standard InChI is InChI=1S/C20H23ClFN3O5/c21-13-2-1-12(6-14(13)22)30-7-16(26)24-19-8-20(9-19,10-19)25-17(27)11-3-4-23-15(5-11)18(28)29/h1-2,6,11,15,23H,3-5,7-10H2,(H,24,26)(H,25,27)(H,28,29). The minimum Gasteiger partial charge on any atom is -0.484 e. The quantitative estimate of drug-likeness (QED) is 0.507. The van der Waals surface area contributed by atoms with Gasteiger partial charge in [-0.25, -0.2) is 4.39 Å². The highest BCUT2D eigenvalue weighted by molar-refractivity contribution is 6.30. The largest absolute Gasteiger partial charge is 0.484 e. The molecule has 1 aromatic rings. The molecule has 1 heterocycles. The van der Waals surface area contributed by atoms with E-state index in [1.165, 1.54) is 12.1 Å². The van der Waals surface area contributed by atoms with Gasteiger partial charge in [-0.3, -0.25) is 14.4 Å². The molecule has 1 saturated heterocycles. The number of nitrogens with one attached hydrogen (secondary N) is 3. The van der Waals surface area contributed by atoms with Gasteiger partial charge in [0.05, 0.1) is 5.02 Å². The van der Waals surface area contributed by atoms with Gasteiger partial charge in [0, 0.05) is 23.1 Å². The van der Waals surface area contributed by atoms with Crippen molar-refractivity contribution < 1.29 is 28.6 Å². The van der Waals surface area contributed by atoms with Gasteiger partial charge in [-0.15, -0.1) is 0 Å². The smallest absolute Gasteiger partial charge is 0.320 e. The lowest BCUT2D eigenvalue weighted by Crippen LogP contribution is -2.84. The van der Waals surface area contributed by atoms with Crippen LogP contribution in [0.2, 0.25) is 5.02 Å². The van der Waals surface area contributed by atoms with Crippen LogP contribution in [0.4, 0.5) is 4.39 Å². The number of carboxylic acid groups (broad SMARTS) is 1. The van der Waals surface area contributed by atoms with Gasteiger partial charge < -0.3 is 25.8 Å². The van der Waals surface area contributed by atoms with Crippen LogP contribution >= 0.6 is 11.6 Å².